The fourth-order valence-corrected chi connectivity index (χ4v) is 4.19. The molecule has 0 saturated carbocycles. The summed E-state index contributed by atoms with van der Waals surface area (Å²) in [5, 5.41) is 4.12. The highest BCUT2D eigenvalue weighted by atomic mass is 32.2. The molecule has 0 aromatic heterocycles. The largest absolute Gasteiger partial charge is 0.312 e. The van der Waals surface area contributed by atoms with Crippen molar-refractivity contribution in [2.45, 2.75) is 29.0 Å². The minimum atomic E-state index is 0.454. The second kappa shape index (κ2) is 5.81. The SMILES string of the molecule is CNC1c2ccccc2CCC1Sc1ccccc1. The number of hydrogen-bond acceptors (Lipinski definition) is 2. The fraction of sp³-hybridized carbons (Fsp3) is 0.294. The van der Waals surface area contributed by atoms with Gasteiger partial charge in [-0.25, -0.2) is 0 Å². The summed E-state index contributed by atoms with van der Waals surface area (Å²) in [6, 6.07) is 20.0. The van der Waals surface area contributed by atoms with Crippen LogP contribution in [0.25, 0.3) is 0 Å². The van der Waals surface area contributed by atoms with E-state index in [1.165, 1.54) is 28.9 Å². The molecular weight excluding hydrogens is 250 g/mol. The lowest BCUT2D eigenvalue weighted by atomic mass is 9.87. The summed E-state index contributed by atoms with van der Waals surface area (Å²) in [5.41, 5.74) is 2.98. The Balaban J connectivity index is 1.84. The van der Waals surface area contributed by atoms with E-state index in [2.05, 4.69) is 67.0 Å². The summed E-state index contributed by atoms with van der Waals surface area (Å²) in [4.78, 5) is 1.37. The van der Waals surface area contributed by atoms with Crippen LogP contribution in [-0.4, -0.2) is 12.3 Å². The highest BCUT2D eigenvalue weighted by Crippen LogP contribution is 2.39. The molecule has 2 heteroatoms. The van der Waals surface area contributed by atoms with Crippen molar-refractivity contribution in [2.75, 3.05) is 7.05 Å². The van der Waals surface area contributed by atoms with Crippen LogP contribution in [-0.2, 0) is 6.42 Å². The molecule has 0 heterocycles. The molecule has 0 radical (unpaired) electrons. The van der Waals surface area contributed by atoms with Gasteiger partial charge in [0.25, 0.3) is 0 Å². The van der Waals surface area contributed by atoms with Gasteiger partial charge in [-0.05, 0) is 43.1 Å². The smallest absolute Gasteiger partial charge is 0.0444 e. The molecule has 1 aliphatic rings. The summed E-state index contributed by atoms with van der Waals surface area (Å²) >= 11 is 2.00. The van der Waals surface area contributed by atoms with Gasteiger partial charge in [-0.2, -0.15) is 0 Å². The van der Waals surface area contributed by atoms with Gasteiger partial charge in [0.1, 0.15) is 0 Å². The van der Waals surface area contributed by atoms with Gasteiger partial charge < -0.3 is 5.32 Å². The van der Waals surface area contributed by atoms with E-state index in [1.807, 2.05) is 11.8 Å². The molecule has 3 rings (SSSR count). The van der Waals surface area contributed by atoms with Gasteiger partial charge in [0.2, 0.25) is 0 Å². The zero-order chi connectivity index (χ0) is 13.1. The third-order valence-corrected chi connectivity index (χ3v) is 5.16. The molecule has 2 atom stereocenters. The van der Waals surface area contributed by atoms with Crippen LogP contribution in [0.15, 0.2) is 59.5 Å². The topological polar surface area (TPSA) is 12.0 Å². The van der Waals surface area contributed by atoms with Crippen LogP contribution >= 0.6 is 11.8 Å². The number of aryl methyl sites for hydroxylation is 1. The first kappa shape index (κ1) is 12.8. The van der Waals surface area contributed by atoms with Gasteiger partial charge in [0, 0.05) is 16.2 Å². The molecule has 2 unspecified atom stereocenters. The number of rotatable bonds is 3. The van der Waals surface area contributed by atoms with Gasteiger partial charge >= 0.3 is 0 Å². The van der Waals surface area contributed by atoms with Gasteiger partial charge in [0.05, 0.1) is 0 Å². The molecule has 0 saturated heterocycles. The van der Waals surface area contributed by atoms with Crippen molar-refractivity contribution in [1.29, 1.82) is 0 Å². The summed E-state index contributed by atoms with van der Waals surface area (Å²) < 4.78 is 0. The molecule has 19 heavy (non-hydrogen) atoms. The van der Waals surface area contributed by atoms with Crippen LogP contribution in [0.1, 0.15) is 23.6 Å². The first-order valence-corrected chi connectivity index (χ1v) is 7.73. The second-order valence-corrected chi connectivity index (χ2v) is 6.29. The van der Waals surface area contributed by atoms with Crippen molar-refractivity contribution >= 4 is 11.8 Å². The molecule has 0 bridgehead atoms. The lowest BCUT2D eigenvalue weighted by molar-refractivity contribution is 0.510. The van der Waals surface area contributed by atoms with E-state index >= 15 is 0 Å². The summed E-state index contributed by atoms with van der Waals surface area (Å²) in [7, 11) is 2.07. The lowest BCUT2D eigenvalue weighted by Crippen LogP contribution is -2.32. The van der Waals surface area contributed by atoms with Crippen molar-refractivity contribution < 1.29 is 0 Å². The number of fused-ring (bicyclic) bond motifs is 1. The number of hydrogen-bond donors (Lipinski definition) is 1. The van der Waals surface area contributed by atoms with Crippen LogP contribution in [0.5, 0.6) is 0 Å². The summed E-state index contributed by atoms with van der Waals surface area (Å²) in [5.74, 6) is 0. The predicted octanol–water partition coefficient (Wildman–Crippen LogP) is 4.05. The van der Waals surface area contributed by atoms with Crippen molar-refractivity contribution in [3.8, 4) is 0 Å². The standard InChI is InChI=1S/C17H19NS/c1-18-17-15-10-6-5-7-13(15)11-12-16(17)19-14-8-3-2-4-9-14/h2-10,16-18H,11-12H2,1H3. The molecule has 0 amide bonds. The summed E-state index contributed by atoms with van der Waals surface area (Å²) in [6.45, 7) is 0. The van der Waals surface area contributed by atoms with Crippen molar-refractivity contribution in [3.63, 3.8) is 0 Å². The molecule has 0 spiro atoms. The van der Waals surface area contributed by atoms with Crippen molar-refractivity contribution in [3.05, 3.63) is 65.7 Å². The maximum absolute atomic E-state index is 3.51. The molecule has 98 valence electrons. The molecule has 0 fully saturated rings. The van der Waals surface area contributed by atoms with Gasteiger partial charge in [0.15, 0.2) is 0 Å². The van der Waals surface area contributed by atoms with E-state index < -0.39 is 0 Å². The average Bonchev–Trinajstić information content (AvgIpc) is 2.48. The Morgan fingerprint density at radius 2 is 1.74 bits per heavy atom. The van der Waals surface area contributed by atoms with E-state index in [9.17, 15) is 0 Å². The zero-order valence-corrected chi connectivity index (χ0v) is 12.0. The monoisotopic (exact) mass is 269 g/mol. The van der Waals surface area contributed by atoms with Crippen LogP contribution < -0.4 is 5.32 Å². The van der Waals surface area contributed by atoms with Crippen LogP contribution in [0.3, 0.4) is 0 Å². The first-order chi connectivity index (χ1) is 9.38. The van der Waals surface area contributed by atoms with Crippen LogP contribution in [0.2, 0.25) is 0 Å². The molecule has 0 aliphatic heterocycles. The second-order valence-electron chi connectivity index (χ2n) is 4.97. The molecule has 2 aromatic rings. The fourth-order valence-electron chi connectivity index (χ4n) is 2.87. The van der Waals surface area contributed by atoms with E-state index in [1.54, 1.807) is 0 Å². The van der Waals surface area contributed by atoms with Gasteiger partial charge in [-0.15, -0.1) is 11.8 Å². The van der Waals surface area contributed by atoms with Crippen molar-refractivity contribution in [1.82, 2.24) is 5.32 Å². The maximum atomic E-state index is 3.51. The number of nitrogens with one attached hydrogen (secondary N) is 1. The normalized spacial score (nSPS) is 21.9. The Hall–Kier alpha value is -1.25. The highest BCUT2D eigenvalue weighted by molar-refractivity contribution is 8.00. The molecule has 2 aromatic carbocycles. The molecule has 1 aliphatic carbocycles. The average molecular weight is 269 g/mol. The Bertz CT molecular complexity index is 538. The predicted molar refractivity (Wildman–Crippen MR) is 82.7 cm³/mol. The van der Waals surface area contributed by atoms with Crippen molar-refractivity contribution in [2.24, 2.45) is 0 Å². The maximum Gasteiger partial charge on any atom is 0.0444 e. The van der Waals surface area contributed by atoms with E-state index in [-0.39, 0.29) is 0 Å². The molecular formula is C17H19NS. The highest BCUT2D eigenvalue weighted by Gasteiger charge is 2.28. The minimum absolute atomic E-state index is 0.454. The minimum Gasteiger partial charge on any atom is -0.312 e. The van der Waals surface area contributed by atoms with Crippen LogP contribution in [0, 0.1) is 0 Å². The summed E-state index contributed by atoms with van der Waals surface area (Å²) in [6.07, 6.45) is 2.43. The van der Waals surface area contributed by atoms with E-state index in [0.29, 0.717) is 11.3 Å². The number of thioether (sulfide) groups is 1. The Labute approximate surface area is 119 Å². The third kappa shape index (κ3) is 2.70. The Morgan fingerprint density at radius 3 is 2.53 bits per heavy atom. The quantitative estimate of drug-likeness (QED) is 0.902. The molecule has 1 nitrogen and oxygen atoms in total. The molecule has 1 N–H and O–H groups in total. The van der Waals surface area contributed by atoms with Gasteiger partial charge in [-0.3, -0.25) is 0 Å². The Kier molecular flexibility index (Phi) is 3.90. The number of benzene rings is 2. The Morgan fingerprint density at radius 1 is 1.00 bits per heavy atom. The van der Waals surface area contributed by atoms with Crippen LogP contribution in [0.4, 0.5) is 0 Å². The lowest BCUT2D eigenvalue weighted by Gasteiger charge is -2.33. The zero-order valence-electron chi connectivity index (χ0n) is 11.2. The third-order valence-electron chi connectivity index (χ3n) is 3.80. The first-order valence-electron chi connectivity index (χ1n) is 6.85. The van der Waals surface area contributed by atoms with E-state index in [4.69, 9.17) is 0 Å². The van der Waals surface area contributed by atoms with Gasteiger partial charge in [-0.1, -0.05) is 42.5 Å². The van der Waals surface area contributed by atoms with E-state index in [0.717, 1.165) is 0 Å².